The highest BCUT2D eigenvalue weighted by Gasteiger charge is 2.20. The molecule has 0 saturated carbocycles. The van der Waals surface area contributed by atoms with E-state index in [0.717, 1.165) is 12.0 Å². The number of halogens is 2. The Morgan fingerprint density at radius 3 is 1.93 bits per heavy atom. The predicted molar refractivity (Wildman–Crippen MR) is 54.4 cm³/mol. The molecule has 0 fully saturated rings. The fraction of sp³-hybridized carbons (Fsp3) is 0.500. The van der Waals surface area contributed by atoms with Crippen LogP contribution in [0.3, 0.4) is 0 Å². The van der Waals surface area contributed by atoms with Crippen LogP contribution in [0.4, 0.5) is 8.78 Å². The van der Waals surface area contributed by atoms with Gasteiger partial charge in [-0.05, 0) is 36.5 Å². The summed E-state index contributed by atoms with van der Waals surface area (Å²) in [7, 11) is 0. The Hall–Kier alpha value is -0.920. The SMILES string of the molecule is CCC(C)(C)c1cc(F)c(C)c(F)c1. The lowest BCUT2D eigenvalue weighted by atomic mass is 9.82. The lowest BCUT2D eigenvalue weighted by molar-refractivity contribution is 0.488. The van der Waals surface area contributed by atoms with E-state index >= 15 is 0 Å². The molecule has 1 aromatic rings. The highest BCUT2D eigenvalue weighted by molar-refractivity contribution is 5.30. The monoisotopic (exact) mass is 198 g/mol. The first-order valence-corrected chi connectivity index (χ1v) is 4.84. The van der Waals surface area contributed by atoms with Gasteiger partial charge in [0.15, 0.2) is 0 Å². The van der Waals surface area contributed by atoms with Crippen LogP contribution in [0.1, 0.15) is 38.3 Å². The summed E-state index contributed by atoms with van der Waals surface area (Å²) >= 11 is 0. The molecule has 1 rings (SSSR count). The molecule has 0 N–H and O–H groups in total. The molecule has 0 nitrogen and oxygen atoms in total. The second-order valence-electron chi connectivity index (χ2n) is 4.30. The highest BCUT2D eigenvalue weighted by atomic mass is 19.1. The van der Waals surface area contributed by atoms with Crippen LogP contribution >= 0.6 is 0 Å². The molecule has 1 aromatic carbocycles. The van der Waals surface area contributed by atoms with E-state index in [4.69, 9.17) is 0 Å². The van der Waals surface area contributed by atoms with Gasteiger partial charge in [-0.25, -0.2) is 8.78 Å². The van der Waals surface area contributed by atoms with Gasteiger partial charge in [-0.3, -0.25) is 0 Å². The summed E-state index contributed by atoms with van der Waals surface area (Å²) < 4.78 is 26.5. The maximum absolute atomic E-state index is 13.3. The number of rotatable bonds is 2. The predicted octanol–water partition coefficient (Wildman–Crippen LogP) is 3.96. The molecule has 2 heteroatoms. The fourth-order valence-corrected chi connectivity index (χ4v) is 1.24. The zero-order valence-electron chi connectivity index (χ0n) is 9.12. The summed E-state index contributed by atoms with van der Waals surface area (Å²) in [6.45, 7) is 7.43. The van der Waals surface area contributed by atoms with Gasteiger partial charge in [0.25, 0.3) is 0 Å². The molecule has 78 valence electrons. The lowest BCUT2D eigenvalue weighted by Crippen LogP contribution is -2.16. The normalized spacial score (nSPS) is 11.9. The smallest absolute Gasteiger partial charge is 0.129 e. The Labute approximate surface area is 84.0 Å². The van der Waals surface area contributed by atoms with E-state index in [1.165, 1.54) is 19.1 Å². The van der Waals surface area contributed by atoms with Crippen LogP contribution in [0, 0.1) is 18.6 Å². The van der Waals surface area contributed by atoms with E-state index in [9.17, 15) is 8.78 Å². The second-order valence-corrected chi connectivity index (χ2v) is 4.30. The summed E-state index contributed by atoms with van der Waals surface area (Å²) in [5.74, 6) is -0.914. The van der Waals surface area contributed by atoms with Gasteiger partial charge in [0.1, 0.15) is 11.6 Å². The Balaban J connectivity index is 3.26. The quantitative estimate of drug-likeness (QED) is 0.674. The fourth-order valence-electron chi connectivity index (χ4n) is 1.24. The van der Waals surface area contributed by atoms with Crippen molar-refractivity contribution in [1.29, 1.82) is 0 Å². The lowest BCUT2D eigenvalue weighted by Gasteiger charge is -2.23. The molecule has 0 aliphatic heterocycles. The van der Waals surface area contributed by atoms with Crippen molar-refractivity contribution in [2.45, 2.75) is 39.5 Å². The average Bonchev–Trinajstić information content (AvgIpc) is 2.13. The van der Waals surface area contributed by atoms with Crippen LogP contribution < -0.4 is 0 Å². The summed E-state index contributed by atoms with van der Waals surface area (Å²) in [6, 6.07) is 2.86. The van der Waals surface area contributed by atoms with Gasteiger partial charge < -0.3 is 0 Å². The van der Waals surface area contributed by atoms with Gasteiger partial charge in [-0.1, -0.05) is 20.8 Å². The number of benzene rings is 1. The minimum absolute atomic E-state index is 0.0978. The van der Waals surface area contributed by atoms with Gasteiger partial charge in [0.05, 0.1) is 0 Å². The maximum Gasteiger partial charge on any atom is 0.129 e. The van der Waals surface area contributed by atoms with Crippen molar-refractivity contribution in [3.63, 3.8) is 0 Å². The molecule has 0 saturated heterocycles. The molecule has 0 amide bonds. The number of hydrogen-bond acceptors (Lipinski definition) is 0. The first-order chi connectivity index (χ1) is 6.38. The van der Waals surface area contributed by atoms with Crippen LogP contribution in [0.15, 0.2) is 12.1 Å². The molecular formula is C12H16F2. The Bertz CT molecular complexity index is 317. The van der Waals surface area contributed by atoms with Crippen molar-refractivity contribution >= 4 is 0 Å². The summed E-state index contributed by atoms with van der Waals surface area (Å²) in [4.78, 5) is 0. The summed E-state index contributed by atoms with van der Waals surface area (Å²) in [5.41, 5.74) is 0.649. The molecule has 0 spiro atoms. The van der Waals surface area contributed by atoms with Crippen molar-refractivity contribution in [1.82, 2.24) is 0 Å². The van der Waals surface area contributed by atoms with Crippen LogP contribution in [0.2, 0.25) is 0 Å². The molecule has 0 unspecified atom stereocenters. The first kappa shape index (κ1) is 11.2. The van der Waals surface area contributed by atoms with Crippen LogP contribution in [0.5, 0.6) is 0 Å². The minimum Gasteiger partial charge on any atom is -0.207 e. The molecule has 14 heavy (non-hydrogen) atoms. The van der Waals surface area contributed by atoms with Gasteiger partial charge in [0, 0.05) is 5.56 Å². The Morgan fingerprint density at radius 2 is 1.57 bits per heavy atom. The second kappa shape index (κ2) is 3.68. The minimum atomic E-state index is -0.457. The van der Waals surface area contributed by atoms with Crippen molar-refractivity contribution < 1.29 is 8.78 Å². The van der Waals surface area contributed by atoms with E-state index in [1.807, 2.05) is 20.8 Å². The van der Waals surface area contributed by atoms with E-state index in [-0.39, 0.29) is 11.0 Å². The van der Waals surface area contributed by atoms with E-state index < -0.39 is 11.6 Å². The third-order valence-electron chi connectivity index (χ3n) is 2.95. The first-order valence-electron chi connectivity index (χ1n) is 4.84. The van der Waals surface area contributed by atoms with Crippen molar-refractivity contribution in [3.8, 4) is 0 Å². The molecule has 0 heterocycles. The van der Waals surface area contributed by atoms with Gasteiger partial charge in [0.2, 0.25) is 0 Å². The van der Waals surface area contributed by atoms with Crippen molar-refractivity contribution in [2.24, 2.45) is 0 Å². The largest absolute Gasteiger partial charge is 0.207 e. The topological polar surface area (TPSA) is 0 Å². The maximum atomic E-state index is 13.3. The summed E-state index contributed by atoms with van der Waals surface area (Å²) in [5, 5.41) is 0. The molecule has 0 radical (unpaired) electrons. The molecule has 0 bridgehead atoms. The van der Waals surface area contributed by atoms with Crippen LogP contribution in [0.25, 0.3) is 0 Å². The zero-order chi connectivity index (χ0) is 10.9. The van der Waals surface area contributed by atoms with E-state index in [0.29, 0.717) is 0 Å². The van der Waals surface area contributed by atoms with Crippen molar-refractivity contribution in [3.05, 3.63) is 34.9 Å². The Kier molecular flexibility index (Phi) is 2.93. The third-order valence-corrected chi connectivity index (χ3v) is 2.95. The summed E-state index contributed by atoms with van der Waals surface area (Å²) in [6.07, 6.45) is 0.856. The third kappa shape index (κ3) is 1.94. The molecule has 0 aliphatic rings. The van der Waals surface area contributed by atoms with Crippen molar-refractivity contribution in [2.75, 3.05) is 0 Å². The Morgan fingerprint density at radius 1 is 1.14 bits per heavy atom. The molecular weight excluding hydrogens is 182 g/mol. The zero-order valence-corrected chi connectivity index (χ0v) is 9.12. The van der Waals surface area contributed by atoms with Crippen LogP contribution in [-0.2, 0) is 5.41 Å². The van der Waals surface area contributed by atoms with E-state index in [1.54, 1.807) is 0 Å². The van der Waals surface area contributed by atoms with Gasteiger partial charge in [-0.15, -0.1) is 0 Å². The van der Waals surface area contributed by atoms with Gasteiger partial charge >= 0.3 is 0 Å². The standard InChI is InChI=1S/C12H16F2/c1-5-12(3,4)9-6-10(13)8(2)11(14)7-9/h6-7H,5H2,1-4H3. The number of hydrogen-bond donors (Lipinski definition) is 0. The highest BCUT2D eigenvalue weighted by Crippen LogP contribution is 2.28. The van der Waals surface area contributed by atoms with Crippen LogP contribution in [-0.4, -0.2) is 0 Å². The molecule has 0 aliphatic carbocycles. The average molecular weight is 198 g/mol. The molecule has 0 aromatic heterocycles. The molecule has 0 atom stereocenters. The van der Waals surface area contributed by atoms with Gasteiger partial charge in [-0.2, -0.15) is 0 Å². The van der Waals surface area contributed by atoms with E-state index in [2.05, 4.69) is 0 Å².